The predicted octanol–water partition coefficient (Wildman–Crippen LogP) is 4.68. The molecule has 1 aliphatic carbocycles. The Labute approximate surface area is 192 Å². The number of aryl methyl sites for hydroxylation is 2. The molecule has 9 heteroatoms. The van der Waals surface area contributed by atoms with Gasteiger partial charge in [0, 0.05) is 34.6 Å². The first-order valence-corrected chi connectivity index (χ1v) is 11.5. The molecule has 1 aliphatic rings. The molecule has 3 aromatic rings. The molecule has 0 bridgehead atoms. The van der Waals surface area contributed by atoms with Crippen LogP contribution in [0.1, 0.15) is 37.1 Å². The molecule has 0 saturated carbocycles. The number of hydrogen-bond acceptors (Lipinski definition) is 8. The minimum atomic E-state index is 0.331. The Morgan fingerprint density at radius 1 is 1.29 bits per heavy atom. The van der Waals surface area contributed by atoms with Gasteiger partial charge in [0.2, 0.25) is 6.41 Å². The van der Waals surface area contributed by atoms with Crippen LogP contribution < -0.4 is 15.8 Å². The summed E-state index contributed by atoms with van der Waals surface area (Å²) in [6.45, 7) is 3.93. The van der Waals surface area contributed by atoms with E-state index in [-0.39, 0.29) is 0 Å². The molecule has 3 N–H and O–H groups in total. The molecular weight excluding hydrogens is 430 g/mol. The number of thiophene rings is 1. The molecule has 0 radical (unpaired) electrons. The van der Waals surface area contributed by atoms with Gasteiger partial charge in [-0.3, -0.25) is 4.79 Å². The van der Waals surface area contributed by atoms with E-state index < -0.39 is 0 Å². The molecule has 0 fully saturated rings. The number of nitrogens with one attached hydrogen (secondary N) is 1. The summed E-state index contributed by atoms with van der Waals surface area (Å²) >= 11 is 6.19. The molecule has 4 rings (SSSR count). The van der Waals surface area contributed by atoms with Crippen molar-refractivity contribution in [2.45, 2.75) is 50.5 Å². The number of aromatic nitrogens is 2. The summed E-state index contributed by atoms with van der Waals surface area (Å²) in [5.74, 6) is 1.48. The average Bonchev–Trinajstić information content (AvgIpc) is 3.15. The Bertz CT molecular complexity index is 1070. The summed E-state index contributed by atoms with van der Waals surface area (Å²) in [4.78, 5) is 23.6. The lowest BCUT2D eigenvalue weighted by Gasteiger charge is -2.15. The van der Waals surface area contributed by atoms with Crippen LogP contribution in [0.15, 0.2) is 23.4 Å². The van der Waals surface area contributed by atoms with Crippen molar-refractivity contribution in [3.05, 3.63) is 28.9 Å². The molecule has 166 valence electrons. The normalized spacial score (nSPS) is 12.7. The van der Waals surface area contributed by atoms with Crippen molar-refractivity contribution in [1.29, 1.82) is 0 Å². The number of fused-ring (bicyclic) bond motifs is 3. The number of benzene rings is 1. The maximum atomic E-state index is 9.87. The summed E-state index contributed by atoms with van der Waals surface area (Å²) in [7, 11) is 3.39. The number of ether oxygens (including phenoxy) is 1. The third kappa shape index (κ3) is 5.22. The Kier molecular flexibility index (Phi) is 7.61. The Hall–Kier alpha value is -2.52. The molecular formula is C22H29N5O2S2. The second-order valence-electron chi connectivity index (χ2n) is 7.71. The first kappa shape index (κ1) is 23.1. The van der Waals surface area contributed by atoms with Crippen LogP contribution in [-0.4, -0.2) is 41.5 Å². The van der Waals surface area contributed by atoms with Crippen molar-refractivity contribution in [2.75, 3.05) is 25.2 Å². The number of nitrogen functional groups attached to an aromatic ring is 1. The summed E-state index contributed by atoms with van der Waals surface area (Å²) < 4.78 is 5.44. The minimum Gasteiger partial charge on any atom is -0.494 e. The lowest BCUT2D eigenvalue weighted by Crippen LogP contribution is -2.23. The van der Waals surface area contributed by atoms with Gasteiger partial charge >= 0.3 is 0 Å². The maximum Gasteiger partial charge on any atom is 0.209 e. The molecule has 2 heterocycles. The van der Waals surface area contributed by atoms with Gasteiger partial charge in [0.05, 0.1) is 18.2 Å². The molecule has 2 aromatic heterocycles. The van der Waals surface area contributed by atoms with Crippen LogP contribution in [0.4, 0.5) is 17.2 Å². The number of thiol groups is 1. The first-order chi connectivity index (χ1) is 14.8. The highest BCUT2D eigenvalue weighted by Gasteiger charge is 2.20. The SMILES string of the molecule is CC(C)N(C)C=O.COc1cc(N)c(S)cc1Nc1ncnc2sc3c(c12)CCCC3. The number of methoxy groups -OCH3 is 1. The van der Waals surface area contributed by atoms with Crippen LogP contribution >= 0.6 is 24.0 Å². The minimum absolute atomic E-state index is 0.331. The number of carbonyl (C=O) groups is 1. The molecule has 0 aliphatic heterocycles. The van der Waals surface area contributed by atoms with Gasteiger partial charge in [0.25, 0.3) is 0 Å². The molecule has 0 saturated heterocycles. The van der Waals surface area contributed by atoms with Crippen molar-refractivity contribution in [2.24, 2.45) is 0 Å². The topological polar surface area (TPSA) is 93.4 Å². The second kappa shape index (κ2) is 10.2. The van der Waals surface area contributed by atoms with Gasteiger partial charge in [-0.25, -0.2) is 9.97 Å². The molecule has 31 heavy (non-hydrogen) atoms. The van der Waals surface area contributed by atoms with Crippen molar-refractivity contribution in [3.63, 3.8) is 0 Å². The fourth-order valence-electron chi connectivity index (χ4n) is 3.28. The lowest BCUT2D eigenvalue weighted by atomic mass is 9.97. The molecule has 0 spiro atoms. The van der Waals surface area contributed by atoms with Crippen LogP contribution in [0, 0.1) is 0 Å². The lowest BCUT2D eigenvalue weighted by molar-refractivity contribution is -0.118. The van der Waals surface area contributed by atoms with Crippen molar-refractivity contribution in [1.82, 2.24) is 14.9 Å². The van der Waals surface area contributed by atoms with E-state index in [0.29, 0.717) is 22.4 Å². The number of amides is 1. The fraction of sp³-hybridized carbons (Fsp3) is 0.409. The zero-order valence-corrected chi connectivity index (χ0v) is 20.0. The standard InChI is InChI=1S/C17H18N4OS2.C5H11NO/c1-22-12-6-10(18)13(23)7-11(12)21-16-15-9-4-2-3-5-14(9)24-17(15)20-8-19-16;1-5(2)6(3)4-7/h6-8,23H,2-5,18H2,1H3,(H,19,20,21);4-5H,1-3H3. The molecule has 7 nitrogen and oxygen atoms in total. The third-order valence-corrected chi connectivity index (χ3v) is 6.92. The summed E-state index contributed by atoms with van der Waals surface area (Å²) in [6, 6.07) is 3.97. The van der Waals surface area contributed by atoms with Crippen LogP contribution in [0.3, 0.4) is 0 Å². The van der Waals surface area contributed by atoms with E-state index in [2.05, 4.69) is 27.9 Å². The number of anilines is 3. The summed E-state index contributed by atoms with van der Waals surface area (Å²) in [6.07, 6.45) is 7.14. The van der Waals surface area contributed by atoms with E-state index in [1.165, 1.54) is 23.3 Å². The quantitative estimate of drug-likeness (QED) is 0.291. The van der Waals surface area contributed by atoms with E-state index >= 15 is 0 Å². The van der Waals surface area contributed by atoms with Crippen LogP contribution in [0.25, 0.3) is 10.2 Å². The molecule has 0 atom stereocenters. The summed E-state index contributed by atoms with van der Waals surface area (Å²) in [5.41, 5.74) is 8.69. The van der Waals surface area contributed by atoms with Gasteiger partial charge in [-0.15, -0.1) is 24.0 Å². The highest BCUT2D eigenvalue weighted by Crippen LogP contribution is 2.40. The number of rotatable bonds is 5. The Morgan fingerprint density at radius 3 is 2.68 bits per heavy atom. The zero-order chi connectivity index (χ0) is 22.5. The van der Waals surface area contributed by atoms with Gasteiger partial charge in [-0.2, -0.15) is 0 Å². The number of nitrogens with zero attached hydrogens (tertiary/aromatic N) is 3. The number of nitrogens with two attached hydrogens (primary N) is 1. The van der Waals surface area contributed by atoms with Crippen LogP contribution in [0.5, 0.6) is 5.75 Å². The fourth-order valence-corrected chi connectivity index (χ4v) is 4.71. The monoisotopic (exact) mass is 459 g/mol. The number of carbonyl (C=O) groups excluding carboxylic acids is 1. The number of hydrogen-bond donors (Lipinski definition) is 3. The van der Waals surface area contributed by atoms with Gasteiger partial charge in [0.15, 0.2) is 0 Å². The average molecular weight is 460 g/mol. The third-order valence-electron chi connectivity index (χ3n) is 5.33. The predicted molar refractivity (Wildman–Crippen MR) is 131 cm³/mol. The first-order valence-electron chi connectivity index (χ1n) is 10.2. The van der Waals surface area contributed by atoms with E-state index in [4.69, 9.17) is 10.5 Å². The highest BCUT2D eigenvalue weighted by molar-refractivity contribution is 7.80. The largest absolute Gasteiger partial charge is 0.494 e. The van der Waals surface area contributed by atoms with E-state index in [1.807, 2.05) is 19.9 Å². The van der Waals surface area contributed by atoms with Crippen LogP contribution in [0.2, 0.25) is 0 Å². The van der Waals surface area contributed by atoms with E-state index in [0.717, 1.165) is 41.0 Å². The van der Waals surface area contributed by atoms with E-state index in [1.54, 1.807) is 42.8 Å². The highest BCUT2D eigenvalue weighted by atomic mass is 32.1. The van der Waals surface area contributed by atoms with Gasteiger partial charge in [-0.1, -0.05) is 0 Å². The smallest absolute Gasteiger partial charge is 0.209 e. The molecule has 1 amide bonds. The molecule has 1 aromatic carbocycles. The second-order valence-corrected chi connectivity index (χ2v) is 9.28. The van der Waals surface area contributed by atoms with Crippen LogP contribution in [-0.2, 0) is 17.6 Å². The van der Waals surface area contributed by atoms with Gasteiger partial charge in [-0.05, 0) is 51.2 Å². The maximum absolute atomic E-state index is 9.87. The van der Waals surface area contributed by atoms with Gasteiger partial charge < -0.3 is 20.7 Å². The van der Waals surface area contributed by atoms with Crippen molar-refractivity contribution in [3.8, 4) is 5.75 Å². The summed E-state index contributed by atoms with van der Waals surface area (Å²) in [5, 5.41) is 4.53. The Balaban J connectivity index is 0.000000339. The zero-order valence-electron chi connectivity index (χ0n) is 18.3. The molecule has 0 unspecified atom stereocenters. The van der Waals surface area contributed by atoms with Gasteiger partial charge in [0.1, 0.15) is 22.7 Å². The van der Waals surface area contributed by atoms with Crippen molar-refractivity contribution < 1.29 is 9.53 Å². The van der Waals surface area contributed by atoms with E-state index in [9.17, 15) is 4.79 Å². The van der Waals surface area contributed by atoms with Crippen molar-refractivity contribution >= 4 is 57.8 Å². The Morgan fingerprint density at radius 2 is 2.03 bits per heavy atom.